The molecule has 0 unspecified atom stereocenters. The molecular weight excluding hydrogens is 266 g/mol. The van der Waals surface area contributed by atoms with Gasteiger partial charge in [0.2, 0.25) is 5.91 Å². The maximum Gasteiger partial charge on any atom is 0.255 e. The minimum Gasteiger partial charge on any atom is -0.398 e. The number of carbonyl (C=O) groups excluding carboxylic acids is 2. The Morgan fingerprint density at radius 3 is 2.62 bits per heavy atom. The first-order chi connectivity index (χ1) is 10.0. The number of nitrogen functional groups attached to an aromatic ring is 1. The summed E-state index contributed by atoms with van der Waals surface area (Å²) in [6, 6.07) is 5.69. The average Bonchev–Trinajstić information content (AvgIpc) is 2.49. The zero-order chi connectivity index (χ0) is 15.4. The second-order valence-corrected chi connectivity index (χ2v) is 5.58. The van der Waals surface area contributed by atoms with Crippen molar-refractivity contribution in [3.63, 3.8) is 0 Å². The predicted molar refractivity (Wildman–Crippen MR) is 83.0 cm³/mol. The Morgan fingerprint density at radius 2 is 2.00 bits per heavy atom. The summed E-state index contributed by atoms with van der Waals surface area (Å²) in [6.07, 6.45) is 2.09. The molecule has 0 spiro atoms. The van der Waals surface area contributed by atoms with Crippen molar-refractivity contribution < 1.29 is 9.59 Å². The first-order valence-corrected chi connectivity index (χ1v) is 7.46. The van der Waals surface area contributed by atoms with E-state index in [1.54, 1.807) is 6.07 Å². The number of hydrogen-bond acceptors (Lipinski definition) is 3. The van der Waals surface area contributed by atoms with Gasteiger partial charge in [-0.25, -0.2) is 0 Å². The lowest BCUT2D eigenvalue weighted by Gasteiger charge is -2.32. The third kappa shape index (κ3) is 3.74. The van der Waals surface area contributed by atoms with Crippen molar-refractivity contribution in [3.05, 3.63) is 29.3 Å². The van der Waals surface area contributed by atoms with Crippen LogP contribution in [0, 0.1) is 6.92 Å². The second-order valence-electron chi connectivity index (χ2n) is 5.58. The van der Waals surface area contributed by atoms with Crippen LogP contribution in [0.15, 0.2) is 18.2 Å². The molecule has 0 aromatic heterocycles. The highest BCUT2D eigenvalue weighted by molar-refractivity contribution is 5.99. The molecule has 0 bridgehead atoms. The van der Waals surface area contributed by atoms with E-state index in [0.29, 0.717) is 30.8 Å². The zero-order valence-electron chi connectivity index (χ0n) is 12.7. The number of nitrogens with one attached hydrogen (secondary N) is 1. The summed E-state index contributed by atoms with van der Waals surface area (Å²) < 4.78 is 0. The molecule has 1 heterocycles. The number of benzene rings is 1. The lowest BCUT2D eigenvalue weighted by atomic mass is 10.0. The van der Waals surface area contributed by atoms with Gasteiger partial charge in [-0.15, -0.1) is 0 Å². The van der Waals surface area contributed by atoms with Gasteiger partial charge in [-0.3, -0.25) is 9.59 Å². The van der Waals surface area contributed by atoms with Crippen molar-refractivity contribution in [2.45, 2.75) is 39.2 Å². The third-order valence-electron chi connectivity index (χ3n) is 3.91. The lowest BCUT2D eigenvalue weighted by Crippen LogP contribution is -2.46. The van der Waals surface area contributed by atoms with Crippen LogP contribution in [0.5, 0.6) is 0 Å². The normalized spacial score (nSPS) is 15.8. The van der Waals surface area contributed by atoms with E-state index in [-0.39, 0.29) is 17.9 Å². The Balaban J connectivity index is 1.97. The first kappa shape index (κ1) is 15.4. The molecule has 21 heavy (non-hydrogen) atoms. The summed E-state index contributed by atoms with van der Waals surface area (Å²) in [6.45, 7) is 5.10. The molecular formula is C16H23N3O2. The topological polar surface area (TPSA) is 75.4 Å². The maximum absolute atomic E-state index is 12.5. The Bertz CT molecular complexity index is 534. The Labute approximate surface area is 125 Å². The van der Waals surface area contributed by atoms with Gasteiger partial charge in [-0.05, 0) is 31.9 Å². The van der Waals surface area contributed by atoms with E-state index >= 15 is 0 Å². The molecule has 1 saturated heterocycles. The fourth-order valence-electron chi connectivity index (χ4n) is 2.58. The molecule has 5 heteroatoms. The largest absolute Gasteiger partial charge is 0.398 e. The third-order valence-corrected chi connectivity index (χ3v) is 3.91. The molecule has 114 valence electrons. The number of carbonyl (C=O) groups is 2. The van der Waals surface area contributed by atoms with Gasteiger partial charge >= 0.3 is 0 Å². The van der Waals surface area contributed by atoms with Crippen LogP contribution in [0.2, 0.25) is 0 Å². The molecule has 1 aliphatic heterocycles. The van der Waals surface area contributed by atoms with Gasteiger partial charge in [0.25, 0.3) is 5.91 Å². The number of hydrogen-bond donors (Lipinski definition) is 2. The van der Waals surface area contributed by atoms with Crippen LogP contribution >= 0.6 is 0 Å². The van der Waals surface area contributed by atoms with Crippen molar-refractivity contribution in [1.29, 1.82) is 0 Å². The summed E-state index contributed by atoms with van der Waals surface area (Å²) in [5.41, 5.74) is 8.02. The molecule has 0 atom stereocenters. The van der Waals surface area contributed by atoms with Gasteiger partial charge in [-0.2, -0.15) is 0 Å². The molecule has 1 aromatic carbocycles. The average molecular weight is 289 g/mol. The van der Waals surface area contributed by atoms with Gasteiger partial charge in [0.05, 0.1) is 5.56 Å². The minimum atomic E-state index is -0.0172. The summed E-state index contributed by atoms with van der Waals surface area (Å²) in [4.78, 5) is 25.7. The van der Waals surface area contributed by atoms with Crippen LogP contribution < -0.4 is 11.1 Å². The van der Waals surface area contributed by atoms with E-state index in [1.165, 1.54) is 0 Å². The van der Waals surface area contributed by atoms with E-state index in [9.17, 15) is 9.59 Å². The van der Waals surface area contributed by atoms with Crippen LogP contribution in [0.4, 0.5) is 5.69 Å². The SMILES string of the molecule is CCC(=O)NC1CCN(C(=O)c2cc(C)ccc2N)CC1. The van der Waals surface area contributed by atoms with Gasteiger partial charge in [0.15, 0.2) is 0 Å². The van der Waals surface area contributed by atoms with E-state index in [0.717, 1.165) is 18.4 Å². The van der Waals surface area contributed by atoms with Crippen molar-refractivity contribution in [3.8, 4) is 0 Å². The van der Waals surface area contributed by atoms with Crippen molar-refractivity contribution >= 4 is 17.5 Å². The molecule has 1 aliphatic rings. The van der Waals surface area contributed by atoms with Crippen molar-refractivity contribution in [2.24, 2.45) is 0 Å². The molecule has 0 aliphatic carbocycles. The fourth-order valence-corrected chi connectivity index (χ4v) is 2.58. The summed E-state index contributed by atoms with van der Waals surface area (Å²) in [7, 11) is 0. The maximum atomic E-state index is 12.5. The fraction of sp³-hybridized carbons (Fsp3) is 0.500. The van der Waals surface area contributed by atoms with Crippen LogP contribution in [-0.4, -0.2) is 35.8 Å². The number of aryl methyl sites for hydroxylation is 1. The van der Waals surface area contributed by atoms with Crippen LogP contribution in [0.25, 0.3) is 0 Å². The highest BCUT2D eigenvalue weighted by Crippen LogP contribution is 2.19. The number of rotatable bonds is 3. The molecule has 3 N–H and O–H groups in total. The molecule has 2 amide bonds. The van der Waals surface area contributed by atoms with Gasteiger partial charge < -0.3 is 16.0 Å². The van der Waals surface area contributed by atoms with Crippen LogP contribution in [0.1, 0.15) is 42.1 Å². The second kappa shape index (κ2) is 6.61. The highest BCUT2D eigenvalue weighted by Gasteiger charge is 2.25. The Morgan fingerprint density at radius 1 is 1.33 bits per heavy atom. The number of anilines is 1. The van der Waals surface area contributed by atoms with Gasteiger partial charge in [0.1, 0.15) is 0 Å². The number of amides is 2. The zero-order valence-corrected chi connectivity index (χ0v) is 12.7. The van der Waals surface area contributed by atoms with Crippen molar-refractivity contribution in [2.75, 3.05) is 18.8 Å². The predicted octanol–water partition coefficient (Wildman–Crippen LogP) is 1.71. The van der Waals surface area contributed by atoms with E-state index in [4.69, 9.17) is 5.73 Å². The van der Waals surface area contributed by atoms with E-state index < -0.39 is 0 Å². The standard InChI is InChI=1S/C16H23N3O2/c1-3-15(20)18-12-6-8-19(9-7-12)16(21)13-10-11(2)4-5-14(13)17/h4-5,10,12H,3,6-9,17H2,1-2H3,(H,18,20). The summed E-state index contributed by atoms with van der Waals surface area (Å²) in [5, 5.41) is 2.99. The minimum absolute atomic E-state index is 0.0172. The Hall–Kier alpha value is -2.04. The number of nitrogens with zero attached hydrogens (tertiary/aromatic N) is 1. The number of likely N-dealkylation sites (tertiary alicyclic amines) is 1. The smallest absolute Gasteiger partial charge is 0.255 e. The molecule has 0 saturated carbocycles. The first-order valence-electron chi connectivity index (χ1n) is 7.46. The number of piperidine rings is 1. The van der Waals surface area contributed by atoms with E-state index in [1.807, 2.05) is 30.9 Å². The summed E-state index contributed by atoms with van der Waals surface area (Å²) >= 11 is 0. The molecule has 2 rings (SSSR count). The van der Waals surface area contributed by atoms with Gasteiger partial charge in [0, 0.05) is 31.2 Å². The van der Waals surface area contributed by atoms with Crippen LogP contribution in [0.3, 0.4) is 0 Å². The lowest BCUT2D eigenvalue weighted by molar-refractivity contribution is -0.121. The van der Waals surface area contributed by atoms with Crippen LogP contribution in [-0.2, 0) is 4.79 Å². The quantitative estimate of drug-likeness (QED) is 0.832. The highest BCUT2D eigenvalue weighted by atomic mass is 16.2. The molecule has 0 radical (unpaired) electrons. The number of nitrogens with two attached hydrogens (primary N) is 1. The van der Waals surface area contributed by atoms with E-state index in [2.05, 4.69) is 5.32 Å². The van der Waals surface area contributed by atoms with Crippen molar-refractivity contribution in [1.82, 2.24) is 10.2 Å². The monoisotopic (exact) mass is 289 g/mol. The molecule has 1 aromatic rings. The van der Waals surface area contributed by atoms with Gasteiger partial charge in [-0.1, -0.05) is 18.6 Å². The molecule has 5 nitrogen and oxygen atoms in total. The Kier molecular flexibility index (Phi) is 4.83. The summed E-state index contributed by atoms with van der Waals surface area (Å²) in [5.74, 6) is 0.0548. The molecule has 1 fully saturated rings.